The molecule has 0 aromatic carbocycles. The van der Waals surface area contributed by atoms with E-state index in [-0.39, 0.29) is 6.03 Å². The van der Waals surface area contributed by atoms with Gasteiger partial charge in [0.15, 0.2) is 0 Å². The lowest BCUT2D eigenvalue weighted by atomic mass is 9.98. The summed E-state index contributed by atoms with van der Waals surface area (Å²) in [6.07, 6.45) is 6.13. The standard InChI is InChI=1S/C20H33N5O2/c1-17-14-21-6-5-19(17)24-8-10-25(11-9-24)20(26)22-15-18-4-3-7-23(16-18)12-13-27-2/h5-6,14,18H,3-4,7-13,15-16H2,1-2H3,(H,22,26). The summed E-state index contributed by atoms with van der Waals surface area (Å²) in [4.78, 5) is 23.4. The molecule has 2 fully saturated rings. The number of carbonyl (C=O) groups is 1. The number of hydrogen-bond acceptors (Lipinski definition) is 5. The smallest absolute Gasteiger partial charge is 0.317 e. The van der Waals surface area contributed by atoms with Gasteiger partial charge >= 0.3 is 6.03 Å². The van der Waals surface area contributed by atoms with Crippen LogP contribution in [0.25, 0.3) is 0 Å². The van der Waals surface area contributed by atoms with Gasteiger partial charge in [-0.2, -0.15) is 0 Å². The normalized spacial score (nSPS) is 21.3. The van der Waals surface area contributed by atoms with E-state index in [0.717, 1.165) is 59.0 Å². The highest BCUT2D eigenvalue weighted by Gasteiger charge is 2.24. The van der Waals surface area contributed by atoms with Crippen LogP contribution in [0.2, 0.25) is 0 Å². The average molecular weight is 376 g/mol. The van der Waals surface area contributed by atoms with Crippen LogP contribution in [-0.2, 0) is 4.74 Å². The Labute approximate surface area is 162 Å². The maximum Gasteiger partial charge on any atom is 0.317 e. The van der Waals surface area contributed by atoms with Crippen molar-refractivity contribution in [3.8, 4) is 0 Å². The third-order valence-electron chi connectivity index (χ3n) is 5.65. The Morgan fingerprint density at radius 1 is 1.30 bits per heavy atom. The maximum atomic E-state index is 12.6. The number of hydrogen-bond donors (Lipinski definition) is 1. The predicted molar refractivity (Wildman–Crippen MR) is 107 cm³/mol. The number of piperazine rings is 1. The number of pyridine rings is 1. The van der Waals surface area contributed by atoms with Crippen molar-refractivity contribution >= 4 is 11.7 Å². The van der Waals surface area contributed by atoms with Crippen molar-refractivity contribution in [2.75, 3.05) is 71.0 Å². The summed E-state index contributed by atoms with van der Waals surface area (Å²) in [6.45, 7) is 10.1. The summed E-state index contributed by atoms with van der Waals surface area (Å²) in [6, 6.07) is 2.14. The van der Waals surface area contributed by atoms with Crippen LogP contribution in [0, 0.1) is 12.8 Å². The number of methoxy groups -OCH3 is 1. The Balaban J connectivity index is 1.40. The summed E-state index contributed by atoms with van der Waals surface area (Å²) in [5.74, 6) is 0.542. The Kier molecular flexibility index (Phi) is 7.29. The Bertz CT molecular complexity index is 604. The highest BCUT2D eigenvalue weighted by atomic mass is 16.5. The molecule has 1 aromatic rings. The first-order valence-electron chi connectivity index (χ1n) is 10.1. The largest absolute Gasteiger partial charge is 0.383 e. The van der Waals surface area contributed by atoms with Crippen molar-refractivity contribution in [1.29, 1.82) is 0 Å². The zero-order valence-electron chi connectivity index (χ0n) is 16.7. The summed E-state index contributed by atoms with van der Waals surface area (Å²) in [5, 5.41) is 3.17. The molecule has 2 aliphatic rings. The molecular weight excluding hydrogens is 342 g/mol. The third-order valence-corrected chi connectivity index (χ3v) is 5.65. The molecule has 0 radical (unpaired) electrons. The number of rotatable bonds is 6. The first-order valence-corrected chi connectivity index (χ1v) is 10.1. The molecule has 0 saturated carbocycles. The maximum absolute atomic E-state index is 12.6. The molecular formula is C20H33N5O2. The molecule has 1 unspecified atom stereocenters. The van der Waals surface area contributed by atoms with Crippen molar-refractivity contribution < 1.29 is 9.53 Å². The topological polar surface area (TPSA) is 60.9 Å². The van der Waals surface area contributed by atoms with Crippen molar-refractivity contribution in [2.45, 2.75) is 19.8 Å². The fourth-order valence-electron chi connectivity index (χ4n) is 4.06. The van der Waals surface area contributed by atoms with Crippen LogP contribution in [0.4, 0.5) is 10.5 Å². The predicted octanol–water partition coefficient (Wildman–Crippen LogP) is 1.58. The van der Waals surface area contributed by atoms with E-state index in [1.165, 1.54) is 24.1 Å². The number of likely N-dealkylation sites (tertiary alicyclic amines) is 1. The third kappa shape index (κ3) is 5.56. The number of nitrogens with zero attached hydrogens (tertiary/aromatic N) is 4. The van der Waals surface area contributed by atoms with Crippen molar-refractivity contribution in [3.63, 3.8) is 0 Å². The molecule has 3 rings (SSSR count). The van der Waals surface area contributed by atoms with Crippen molar-refractivity contribution in [3.05, 3.63) is 24.0 Å². The number of carbonyl (C=O) groups excluding carboxylic acids is 1. The number of aromatic nitrogens is 1. The quantitative estimate of drug-likeness (QED) is 0.818. The van der Waals surface area contributed by atoms with Gasteiger partial charge in [-0.1, -0.05) is 0 Å². The van der Waals surface area contributed by atoms with Gasteiger partial charge in [-0.25, -0.2) is 4.79 Å². The van der Waals surface area contributed by atoms with Gasteiger partial charge in [-0.3, -0.25) is 4.98 Å². The number of piperidine rings is 1. The van der Waals surface area contributed by atoms with E-state index < -0.39 is 0 Å². The Morgan fingerprint density at radius 2 is 2.11 bits per heavy atom. The molecule has 0 bridgehead atoms. The van der Waals surface area contributed by atoms with Crippen LogP contribution in [0.15, 0.2) is 18.5 Å². The minimum Gasteiger partial charge on any atom is -0.383 e. The zero-order chi connectivity index (χ0) is 19.1. The second-order valence-electron chi connectivity index (χ2n) is 7.62. The molecule has 0 aliphatic carbocycles. The van der Waals surface area contributed by atoms with Crippen LogP contribution >= 0.6 is 0 Å². The van der Waals surface area contributed by atoms with Crippen LogP contribution in [-0.4, -0.2) is 86.9 Å². The van der Waals surface area contributed by atoms with Gasteiger partial charge in [0.25, 0.3) is 0 Å². The molecule has 27 heavy (non-hydrogen) atoms. The van der Waals surface area contributed by atoms with Gasteiger partial charge in [0.2, 0.25) is 0 Å². The highest BCUT2D eigenvalue weighted by Crippen LogP contribution is 2.20. The fourth-order valence-corrected chi connectivity index (χ4v) is 4.06. The highest BCUT2D eigenvalue weighted by molar-refractivity contribution is 5.74. The van der Waals surface area contributed by atoms with Crippen LogP contribution in [0.5, 0.6) is 0 Å². The van der Waals surface area contributed by atoms with E-state index in [9.17, 15) is 4.79 Å². The first-order chi connectivity index (χ1) is 13.2. The van der Waals surface area contributed by atoms with E-state index >= 15 is 0 Å². The molecule has 2 aliphatic heterocycles. The molecule has 0 spiro atoms. The van der Waals surface area contributed by atoms with E-state index in [1.807, 2.05) is 17.3 Å². The molecule has 150 valence electrons. The average Bonchev–Trinajstić information content (AvgIpc) is 2.71. The Hall–Kier alpha value is -1.86. The number of nitrogens with one attached hydrogen (secondary N) is 1. The van der Waals surface area contributed by atoms with E-state index in [4.69, 9.17) is 4.74 Å². The molecule has 1 aromatic heterocycles. The van der Waals surface area contributed by atoms with Crippen LogP contribution in [0.3, 0.4) is 0 Å². The molecule has 7 heteroatoms. The summed E-state index contributed by atoms with van der Waals surface area (Å²) < 4.78 is 5.18. The van der Waals surface area contributed by atoms with Crippen molar-refractivity contribution in [1.82, 2.24) is 20.1 Å². The number of ether oxygens (including phenoxy) is 1. The molecule has 3 heterocycles. The molecule has 7 nitrogen and oxygen atoms in total. The van der Waals surface area contributed by atoms with Crippen LogP contribution < -0.4 is 10.2 Å². The van der Waals surface area contributed by atoms with Crippen LogP contribution in [0.1, 0.15) is 18.4 Å². The molecule has 1 N–H and O–H groups in total. The van der Waals surface area contributed by atoms with Gasteiger partial charge in [0.1, 0.15) is 0 Å². The van der Waals surface area contributed by atoms with Gasteiger partial charge in [0, 0.05) is 71.0 Å². The first kappa shape index (κ1) is 19.9. The van der Waals surface area contributed by atoms with E-state index in [1.54, 1.807) is 7.11 Å². The summed E-state index contributed by atoms with van der Waals surface area (Å²) in [7, 11) is 1.75. The lowest BCUT2D eigenvalue weighted by molar-refractivity contribution is 0.113. The minimum atomic E-state index is 0.0788. The second-order valence-corrected chi connectivity index (χ2v) is 7.62. The van der Waals surface area contributed by atoms with Gasteiger partial charge in [0.05, 0.1) is 6.61 Å². The summed E-state index contributed by atoms with van der Waals surface area (Å²) >= 11 is 0. The SMILES string of the molecule is COCCN1CCCC(CNC(=O)N2CCN(c3ccncc3C)CC2)C1. The number of anilines is 1. The molecule has 2 saturated heterocycles. The number of urea groups is 1. The van der Waals surface area contributed by atoms with Crippen molar-refractivity contribution in [2.24, 2.45) is 5.92 Å². The lowest BCUT2D eigenvalue weighted by Gasteiger charge is -2.37. The number of amides is 2. The fraction of sp³-hybridized carbons (Fsp3) is 0.700. The van der Waals surface area contributed by atoms with Gasteiger partial charge in [-0.05, 0) is 43.9 Å². The molecule has 2 amide bonds. The van der Waals surface area contributed by atoms with Gasteiger partial charge < -0.3 is 24.8 Å². The minimum absolute atomic E-state index is 0.0788. The van der Waals surface area contributed by atoms with E-state index in [0.29, 0.717) is 5.92 Å². The lowest BCUT2D eigenvalue weighted by Crippen LogP contribution is -2.53. The molecule has 1 atom stereocenters. The van der Waals surface area contributed by atoms with E-state index in [2.05, 4.69) is 33.1 Å². The second kappa shape index (κ2) is 9.90. The number of aryl methyl sites for hydroxylation is 1. The van der Waals surface area contributed by atoms with Gasteiger partial charge in [-0.15, -0.1) is 0 Å². The zero-order valence-corrected chi connectivity index (χ0v) is 16.7. The summed E-state index contributed by atoms with van der Waals surface area (Å²) in [5.41, 5.74) is 2.41. The Morgan fingerprint density at radius 3 is 2.85 bits per heavy atom. The monoisotopic (exact) mass is 375 g/mol.